The van der Waals surface area contributed by atoms with Gasteiger partial charge in [0.2, 0.25) is 11.8 Å². The van der Waals surface area contributed by atoms with Gasteiger partial charge in [0.25, 0.3) is 10.0 Å². The number of carbonyl (C=O) groups is 2. The summed E-state index contributed by atoms with van der Waals surface area (Å²) < 4.78 is 34.5. The number of anilines is 1. The summed E-state index contributed by atoms with van der Waals surface area (Å²) >= 11 is 0. The Bertz CT molecular complexity index is 1450. The number of nitrogens with one attached hydrogen (secondary N) is 1. The van der Waals surface area contributed by atoms with Crippen LogP contribution in [0.15, 0.2) is 71.6 Å². The summed E-state index contributed by atoms with van der Waals surface area (Å²) in [6, 6.07) is 18.3. The van der Waals surface area contributed by atoms with Crippen LogP contribution in [0.3, 0.4) is 0 Å². The first-order valence-corrected chi connectivity index (χ1v) is 15.2. The van der Waals surface area contributed by atoms with Crippen LogP contribution in [0.2, 0.25) is 0 Å². The van der Waals surface area contributed by atoms with E-state index in [-0.39, 0.29) is 23.4 Å². The van der Waals surface area contributed by atoms with Gasteiger partial charge < -0.3 is 15.0 Å². The molecule has 8 nitrogen and oxygen atoms in total. The molecule has 2 atom stereocenters. The van der Waals surface area contributed by atoms with Crippen molar-refractivity contribution in [3.8, 4) is 5.75 Å². The number of benzene rings is 3. The highest BCUT2D eigenvalue weighted by Crippen LogP contribution is 2.27. The number of amides is 2. The molecule has 0 unspecified atom stereocenters. The highest BCUT2D eigenvalue weighted by atomic mass is 32.2. The first kappa shape index (κ1) is 31.7. The van der Waals surface area contributed by atoms with Gasteiger partial charge in [-0.15, -0.1) is 0 Å². The molecule has 0 bridgehead atoms. The van der Waals surface area contributed by atoms with Gasteiger partial charge in [0.15, 0.2) is 0 Å². The van der Waals surface area contributed by atoms with Crippen LogP contribution in [0.4, 0.5) is 5.69 Å². The number of hydrogen-bond acceptors (Lipinski definition) is 5. The molecule has 0 fully saturated rings. The molecule has 3 rings (SSSR count). The van der Waals surface area contributed by atoms with E-state index in [0.717, 1.165) is 33.0 Å². The summed E-state index contributed by atoms with van der Waals surface area (Å²) in [5.41, 5.74) is 3.79. The summed E-state index contributed by atoms with van der Waals surface area (Å²) in [6.45, 7) is 10.8. The van der Waals surface area contributed by atoms with Crippen molar-refractivity contribution in [2.75, 3.05) is 18.0 Å². The van der Waals surface area contributed by atoms with Gasteiger partial charge >= 0.3 is 0 Å². The van der Waals surface area contributed by atoms with E-state index < -0.39 is 28.5 Å². The van der Waals surface area contributed by atoms with Gasteiger partial charge in [0, 0.05) is 12.6 Å². The summed E-state index contributed by atoms with van der Waals surface area (Å²) in [6.07, 6.45) is 0.734. The number of hydrogen-bond donors (Lipinski definition) is 1. The standard InChI is InChI=1S/C32H41N3O5S/c1-8-25(5)33-32(37)26(6)34(20-27-10-9-11-29(19-27)40-7)31(36)21-35(28-17-23(3)16-24(4)18-28)41(38,39)30-14-12-22(2)13-15-30/h9-19,25-26H,8,20-21H2,1-7H3,(H,33,37)/t25-,26-/m0/s1. The van der Waals surface area contributed by atoms with Gasteiger partial charge in [-0.2, -0.15) is 0 Å². The van der Waals surface area contributed by atoms with E-state index in [4.69, 9.17) is 4.74 Å². The first-order valence-electron chi connectivity index (χ1n) is 13.8. The third-order valence-corrected chi connectivity index (χ3v) is 8.83. The lowest BCUT2D eigenvalue weighted by molar-refractivity contribution is -0.139. The number of rotatable bonds is 12. The van der Waals surface area contributed by atoms with Crippen LogP contribution >= 0.6 is 0 Å². The molecule has 9 heteroatoms. The zero-order chi connectivity index (χ0) is 30.3. The third kappa shape index (κ3) is 8.10. The van der Waals surface area contributed by atoms with E-state index in [2.05, 4.69) is 5.32 Å². The summed E-state index contributed by atoms with van der Waals surface area (Å²) in [5.74, 6) is -0.199. The quantitative estimate of drug-likeness (QED) is 0.320. The third-order valence-electron chi connectivity index (χ3n) is 7.04. The average Bonchev–Trinajstić information content (AvgIpc) is 2.93. The Morgan fingerprint density at radius 3 is 2.12 bits per heavy atom. The van der Waals surface area contributed by atoms with Gasteiger partial charge in [-0.25, -0.2) is 8.42 Å². The Labute approximate surface area is 244 Å². The highest BCUT2D eigenvalue weighted by molar-refractivity contribution is 7.92. The smallest absolute Gasteiger partial charge is 0.264 e. The van der Waals surface area contributed by atoms with Crippen LogP contribution in [-0.4, -0.2) is 50.9 Å². The lowest BCUT2D eigenvalue weighted by atomic mass is 10.1. The Kier molecular flexibility index (Phi) is 10.6. The maximum atomic E-state index is 14.1. The van der Waals surface area contributed by atoms with E-state index in [1.165, 1.54) is 4.90 Å². The number of aryl methyl sites for hydroxylation is 3. The van der Waals surface area contributed by atoms with E-state index in [0.29, 0.717) is 11.4 Å². The number of methoxy groups -OCH3 is 1. The van der Waals surface area contributed by atoms with Crippen LogP contribution in [0, 0.1) is 20.8 Å². The van der Waals surface area contributed by atoms with Crippen molar-refractivity contribution >= 4 is 27.5 Å². The van der Waals surface area contributed by atoms with E-state index in [1.54, 1.807) is 62.6 Å². The van der Waals surface area contributed by atoms with E-state index in [9.17, 15) is 18.0 Å². The topological polar surface area (TPSA) is 96.0 Å². The Morgan fingerprint density at radius 1 is 0.902 bits per heavy atom. The molecule has 0 saturated carbocycles. The van der Waals surface area contributed by atoms with Gasteiger partial charge in [-0.05, 0) is 94.1 Å². The Morgan fingerprint density at radius 2 is 1.54 bits per heavy atom. The maximum Gasteiger partial charge on any atom is 0.264 e. The molecule has 0 aromatic heterocycles. The molecule has 41 heavy (non-hydrogen) atoms. The van der Waals surface area contributed by atoms with Gasteiger partial charge in [0.1, 0.15) is 18.3 Å². The first-order chi connectivity index (χ1) is 19.3. The minimum absolute atomic E-state index is 0.0765. The van der Waals surface area contributed by atoms with Crippen molar-refractivity contribution in [1.82, 2.24) is 10.2 Å². The summed E-state index contributed by atoms with van der Waals surface area (Å²) in [5, 5.41) is 2.94. The predicted molar refractivity (Wildman–Crippen MR) is 163 cm³/mol. The van der Waals surface area contributed by atoms with Crippen LogP contribution < -0.4 is 14.4 Å². The minimum Gasteiger partial charge on any atom is -0.497 e. The van der Waals surface area contributed by atoms with Crippen LogP contribution in [-0.2, 0) is 26.2 Å². The number of nitrogens with zero attached hydrogens (tertiary/aromatic N) is 2. The van der Waals surface area contributed by atoms with Gasteiger partial charge in [-0.3, -0.25) is 13.9 Å². The van der Waals surface area contributed by atoms with Crippen LogP contribution in [0.5, 0.6) is 5.75 Å². The molecular weight excluding hydrogens is 538 g/mol. The molecule has 2 amide bonds. The molecule has 0 saturated heterocycles. The monoisotopic (exact) mass is 579 g/mol. The molecule has 0 spiro atoms. The maximum absolute atomic E-state index is 14.1. The van der Waals surface area contributed by atoms with E-state index >= 15 is 0 Å². The van der Waals surface area contributed by atoms with Gasteiger partial charge in [0.05, 0.1) is 17.7 Å². The molecule has 3 aromatic carbocycles. The fourth-order valence-corrected chi connectivity index (χ4v) is 5.87. The molecule has 1 N–H and O–H groups in total. The number of carbonyl (C=O) groups excluding carboxylic acids is 2. The molecule has 220 valence electrons. The Balaban J connectivity index is 2.07. The lowest BCUT2D eigenvalue weighted by Crippen LogP contribution is -2.52. The highest BCUT2D eigenvalue weighted by Gasteiger charge is 2.33. The van der Waals surface area contributed by atoms with Crippen molar-refractivity contribution in [3.05, 3.63) is 89.0 Å². The van der Waals surface area contributed by atoms with Crippen molar-refractivity contribution < 1.29 is 22.7 Å². The fraction of sp³-hybridized carbons (Fsp3) is 0.375. The largest absolute Gasteiger partial charge is 0.497 e. The molecule has 0 radical (unpaired) electrons. The van der Waals surface area contributed by atoms with Crippen LogP contribution in [0.1, 0.15) is 49.4 Å². The summed E-state index contributed by atoms with van der Waals surface area (Å²) in [7, 11) is -2.56. The van der Waals surface area contributed by atoms with Crippen molar-refractivity contribution in [2.45, 2.75) is 71.5 Å². The normalized spacial score (nSPS) is 12.8. The molecule has 0 heterocycles. The van der Waals surface area contributed by atoms with Crippen molar-refractivity contribution in [1.29, 1.82) is 0 Å². The SMILES string of the molecule is CC[C@H](C)NC(=O)[C@H](C)N(Cc1cccc(OC)c1)C(=O)CN(c1cc(C)cc(C)c1)S(=O)(=O)c1ccc(C)cc1. The molecule has 0 aliphatic carbocycles. The van der Waals surface area contributed by atoms with E-state index in [1.807, 2.05) is 52.8 Å². The second-order valence-corrected chi connectivity index (χ2v) is 12.4. The van der Waals surface area contributed by atoms with Crippen LogP contribution in [0.25, 0.3) is 0 Å². The number of ether oxygens (including phenoxy) is 1. The zero-order valence-electron chi connectivity index (χ0n) is 25.0. The average molecular weight is 580 g/mol. The minimum atomic E-state index is -4.12. The number of sulfonamides is 1. The van der Waals surface area contributed by atoms with Crippen molar-refractivity contribution in [3.63, 3.8) is 0 Å². The summed E-state index contributed by atoms with van der Waals surface area (Å²) in [4.78, 5) is 28.8. The van der Waals surface area contributed by atoms with Gasteiger partial charge in [-0.1, -0.05) is 42.8 Å². The molecule has 3 aromatic rings. The Hall–Kier alpha value is -3.85. The second-order valence-electron chi connectivity index (χ2n) is 10.5. The zero-order valence-corrected chi connectivity index (χ0v) is 25.8. The second kappa shape index (κ2) is 13.7. The lowest BCUT2D eigenvalue weighted by Gasteiger charge is -2.32. The molecular formula is C32H41N3O5S. The molecule has 0 aliphatic rings. The fourth-order valence-electron chi connectivity index (χ4n) is 4.48. The molecule has 0 aliphatic heterocycles. The predicted octanol–water partition coefficient (Wildman–Crippen LogP) is 5.15. The van der Waals surface area contributed by atoms with Crippen molar-refractivity contribution in [2.24, 2.45) is 0 Å².